The van der Waals surface area contributed by atoms with Crippen molar-refractivity contribution in [3.05, 3.63) is 42.1 Å². The Morgan fingerprint density at radius 1 is 1.26 bits per heavy atom. The highest BCUT2D eigenvalue weighted by molar-refractivity contribution is 5.81. The zero-order valence-corrected chi connectivity index (χ0v) is 15.3. The van der Waals surface area contributed by atoms with Crippen LogP contribution in [0.4, 0.5) is 13.2 Å². The van der Waals surface area contributed by atoms with Crippen LogP contribution in [0.25, 0.3) is 22.6 Å². The fourth-order valence-electron chi connectivity index (χ4n) is 4.01. The van der Waals surface area contributed by atoms with E-state index in [0.29, 0.717) is 23.9 Å². The highest BCUT2D eigenvalue weighted by Crippen LogP contribution is 2.33. The van der Waals surface area contributed by atoms with Crippen molar-refractivity contribution in [2.75, 3.05) is 13.1 Å². The first-order valence-corrected chi connectivity index (χ1v) is 9.39. The van der Waals surface area contributed by atoms with E-state index < -0.39 is 11.7 Å². The standard InChI is InChI=1S/C20H23F3N4/c1-2-4-14-8-10-26(12-14)13-27-18-7-6-15(20(21,22)23)11-17(18)25-19(27)16-5-3-9-24-16/h3,5-7,9,11,14,24H,2,4,8,10,12-13H2,1H3. The molecule has 0 saturated carbocycles. The molecular formula is C20H23F3N4. The zero-order chi connectivity index (χ0) is 19.0. The molecule has 3 heterocycles. The lowest BCUT2D eigenvalue weighted by molar-refractivity contribution is -0.137. The van der Waals surface area contributed by atoms with Crippen molar-refractivity contribution >= 4 is 11.0 Å². The monoisotopic (exact) mass is 376 g/mol. The molecule has 0 spiro atoms. The summed E-state index contributed by atoms with van der Waals surface area (Å²) in [6.07, 6.45) is 1.01. The van der Waals surface area contributed by atoms with Gasteiger partial charge in [0.25, 0.3) is 0 Å². The van der Waals surface area contributed by atoms with Gasteiger partial charge >= 0.3 is 6.18 Å². The first kappa shape index (κ1) is 18.1. The van der Waals surface area contributed by atoms with Crippen LogP contribution in [0.15, 0.2) is 36.5 Å². The summed E-state index contributed by atoms with van der Waals surface area (Å²) < 4.78 is 41.3. The Morgan fingerprint density at radius 3 is 2.81 bits per heavy atom. The highest BCUT2D eigenvalue weighted by atomic mass is 19.4. The van der Waals surface area contributed by atoms with E-state index in [-0.39, 0.29) is 0 Å². The first-order valence-electron chi connectivity index (χ1n) is 9.39. The molecule has 1 aromatic carbocycles. The van der Waals surface area contributed by atoms with E-state index in [0.717, 1.165) is 36.4 Å². The minimum absolute atomic E-state index is 0.374. The summed E-state index contributed by atoms with van der Waals surface area (Å²) in [7, 11) is 0. The Morgan fingerprint density at radius 2 is 2.11 bits per heavy atom. The smallest absolute Gasteiger partial charge is 0.359 e. The van der Waals surface area contributed by atoms with E-state index in [2.05, 4.69) is 21.8 Å². The van der Waals surface area contributed by atoms with Gasteiger partial charge in [-0.2, -0.15) is 13.2 Å². The molecule has 1 unspecified atom stereocenters. The number of imidazole rings is 1. The van der Waals surface area contributed by atoms with E-state index in [4.69, 9.17) is 0 Å². The number of hydrogen-bond donors (Lipinski definition) is 1. The quantitative estimate of drug-likeness (QED) is 0.670. The molecule has 3 aromatic rings. The van der Waals surface area contributed by atoms with Crippen LogP contribution in [0.5, 0.6) is 0 Å². The number of nitrogens with one attached hydrogen (secondary N) is 1. The molecule has 0 aliphatic carbocycles. The van der Waals surface area contributed by atoms with Gasteiger partial charge in [-0.15, -0.1) is 0 Å². The molecule has 1 atom stereocenters. The third kappa shape index (κ3) is 3.60. The normalized spacial score (nSPS) is 18.6. The van der Waals surface area contributed by atoms with E-state index in [1.807, 2.05) is 16.7 Å². The lowest BCUT2D eigenvalue weighted by Gasteiger charge is -2.19. The van der Waals surface area contributed by atoms with Crippen LogP contribution in [0.3, 0.4) is 0 Å². The summed E-state index contributed by atoms with van der Waals surface area (Å²) in [5.41, 5.74) is 1.25. The van der Waals surface area contributed by atoms with E-state index in [1.165, 1.54) is 25.3 Å². The summed E-state index contributed by atoms with van der Waals surface area (Å²) in [6.45, 7) is 4.87. The molecule has 0 bridgehead atoms. The second-order valence-corrected chi connectivity index (χ2v) is 7.31. The van der Waals surface area contributed by atoms with Gasteiger partial charge in [0.1, 0.15) is 0 Å². The second kappa shape index (κ2) is 7.03. The molecule has 2 aromatic heterocycles. The van der Waals surface area contributed by atoms with Crippen LogP contribution in [0.1, 0.15) is 31.7 Å². The van der Waals surface area contributed by atoms with E-state index in [9.17, 15) is 13.2 Å². The number of likely N-dealkylation sites (tertiary alicyclic amines) is 1. The minimum Gasteiger partial charge on any atom is -0.359 e. The number of nitrogens with zero attached hydrogens (tertiary/aromatic N) is 3. The average Bonchev–Trinajstić information content (AvgIpc) is 3.35. The van der Waals surface area contributed by atoms with Crippen LogP contribution in [-0.4, -0.2) is 32.5 Å². The zero-order valence-electron chi connectivity index (χ0n) is 15.3. The summed E-state index contributed by atoms with van der Waals surface area (Å²) >= 11 is 0. The van der Waals surface area contributed by atoms with Crippen molar-refractivity contribution in [3.8, 4) is 11.5 Å². The summed E-state index contributed by atoms with van der Waals surface area (Å²) in [5.74, 6) is 1.38. The van der Waals surface area contributed by atoms with Crippen molar-refractivity contribution in [1.82, 2.24) is 19.4 Å². The number of benzene rings is 1. The molecule has 4 nitrogen and oxygen atoms in total. The fourth-order valence-corrected chi connectivity index (χ4v) is 4.01. The molecule has 0 amide bonds. The maximum absolute atomic E-state index is 13.1. The Bertz CT molecular complexity index is 911. The Balaban J connectivity index is 1.72. The van der Waals surface area contributed by atoms with Gasteiger partial charge in [-0.25, -0.2) is 4.98 Å². The van der Waals surface area contributed by atoms with E-state index >= 15 is 0 Å². The molecule has 7 heteroatoms. The lowest BCUT2D eigenvalue weighted by atomic mass is 10.0. The summed E-state index contributed by atoms with van der Waals surface area (Å²) in [5, 5.41) is 0. The Hall–Kier alpha value is -2.28. The second-order valence-electron chi connectivity index (χ2n) is 7.31. The molecule has 0 radical (unpaired) electrons. The van der Waals surface area contributed by atoms with Gasteiger partial charge in [0.15, 0.2) is 5.82 Å². The Kier molecular flexibility index (Phi) is 4.72. The van der Waals surface area contributed by atoms with Gasteiger partial charge < -0.3 is 9.55 Å². The maximum atomic E-state index is 13.1. The van der Waals surface area contributed by atoms with Gasteiger partial charge in [-0.3, -0.25) is 4.90 Å². The molecule has 1 N–H and O–H groups in total. The topological polar surface area (TPSA) is 36.9 Å². The lowest BCUT2D eigenvalue weighted by Crippen LogP contribution is -2.24. The molecule has 1 aliphatic rings. The minimum atomic E-state index is -4.37. The van der Waals surface area contributed by atoms with Crippen molar-refractivity contribution in [3.63, 3.8) is 0 Å². The van der Waals surface area contributed by atoms with Crippen molar-refractivity contribution in [1.29, 1.82) is 0 Å². The largest absolute Gasteiger partial charge is 0.416 e. The highest BCUT2D eigenvalue weighted by Gasteiger charge is 2.31. The number of aromatic nitrogens is 3. The molecular weight excluding hydrogens is 353 g/mol. The number of halogens is 3. The number of hydrogen-bond acceptors (Lipinski definition) is 2. The van der Waals surface area contributed by atoms with Gasteiger partial charge in [0.2, 0.25) is 0 Å². The number of alkyl halides is 3. The van der Waals surface area contributed by atoms with Crippen LogP contribution in [-0.2, 0) is 12.8 Å². The number of aromatic amines is 1. The summed E-state index contributed by atoms with van der Waals surface area (Å²) in [6, 6.07) is 7.59. The van der Waals surface area contributed by atoms with Crippen molar-refractivity contribution in [2.24, 2.45) is 5.92 Å². The van der Waals surface area contributed by atoms with Crippen LogP contribution in [0, 0.1) is 5.92 Å². The fraction of sp³-hybridized carbons (Fsp3) is 0.450. The molecule has 4 rings (SSSR count). The Labute approximate surface area is 156 Å². The van der Waals surface area contributed by atoms with Gasteiger partial charge in [-0.05, 0) is 49.1 Å². The van der Waals surface area contributed by atoms with E-state index in [1.54, 1.807) is 6.20 Å². The maximum Gasteiger partial charge on any atom is 0.416 e. The molecule has 27 heavy (non-hydrogen) atoms. The van der Waals surface area contributed by atoms with Gasteiger partial charge in [-0.1, -0.05) is 13.3 Å². The van der Waals surface area contributed by atoms with Crippen molar-refractivity contribution in [2.45, 2.75) is 39.0 Å². The van der Waals surface area contributed by atoms with Gasteiger partial charge in [0.05, 0.1) is 29.0 Å². The summed E-state index contributed by atoms with van der Waals surface area (Å²) in [4.78, 5) is 10.0. The van der Waals surface area contributed by atoms with Crippen LogP contribution in [0.2, 0.25) is 0 Å². The third-order valence-electron chi connectivity index (χ3n) is 5.32. The molecule has 1 fully saturated rings. The van der Waals surface area contributed by atoms with Crippen LogP contribution < -0.4 is 0 Å². The number of fused-ring (bicyclic) bond motifs is 1. The molecule has 1 aliphatic heterocycles. The predicted molar refractivity (Wildman–Crippen MR) is 99.1 cm³/mol. The SMILES string of the molecule is CCCC1CCN(Cn2c(-c3ccc[nH]3)nc3cc(C(F)(F)F)ccc32)C1. The number of rotatable bonds is 5. The molecule has 1 saturated heterocycles. The predicted octanol–water partition coefficient (Wildman–Crippen LogP) is 5.13. The molecule has 144 valence electrons. The van der Waals surface area contributed by atoms with Crippen molar-refractivity contribution < 1.29 is 13.2 Å². The first-order chi connectivity index (χ1) is 13.0. The number of H-pyrrole nitrogens is 1. The van der Waals surface area contributed by atoms with Crippen LogP contribution >= 0.6 is 0 Å². The average molecular weight is 376 g/mol. The third-order valence-corrected chi connectivity index (χ3v) is 5.32. The van der Waals surface area contributed by atoms with Gasteiger partial charge in [0, 0.05) is 19.3 Å².